The summed E-state index contributed by atoms with van der Waals surface area (Å²) in [6, 6.07) is 6.73. The first kappa shape index (κ1) is 18.4. The average molecular weight is 346 g/mol. The second-order valence-electron chi connectivity index (χ2n) is 6.50. The maximum atomic E-state index is 11.5. The molecule has 134 valence electrons. The largest absolute Gasteiger partial charge is 0.444 e. The summed E-state index contributed by atoms with van der Waals surface area (Å²) >= 11 is 0. The molecule has 0 fully saturated rings. The lowest BCUT2D eigenvalue weighted by molar-refractivity contribution is -0.382. The maximum absolute atomic E-state index is 11.5. The fourth-order valence-corrected chi connectivity index (χ4v) is 2.29. The first-order valence-corrected chi connectivity index (χ1v) is 8.01. The summed E-state index contributed by atoms with van der Waals surface area (Å²) in [6.07, 6.45) is 1.72. The van der Waals surface area contributed by atoms with Crippen molar-refractivity contribution >= 4 is 28.4 Å². The highest BCUT2D eigenvalue weighted by atomic mass is 16.6. The van der Waals surface area contributed by atoms with Gasteiger partial charge < -0.3 is 15.4 Å². The number of carbonyl (C=O) groups excluding carboxylic acids is 1. The topological polar surface area (TPSA) is 106 Å². The Hall–Kier alpha value is -2.90. The molecule has 25 heavy (non-hydrogen) atoms. The van der Waals surface area contributed by atoms with Crippen molar-refractivity contribution in [2.75, 3.05) is 18.4 Å². The summed E-state index contributed by atoms with van der Waals surface area (Å²) in [5, 5.41) is 17.6. The zero-order chi connectivity index (χ0) is 18.4. The van der Waals surface area contributed by atoms with Crippen molar-refractivity contribution in [2.24, 2.45) is 0 Å². The number of nitro benzene ring substituents is 1. The van der Waals surface area contributed by atoms with Crippen molar-refractivity contribution in [1.29, 1.82) is 0 Å². The van der Waals surface area contributed by atoms with E-state index in [2.05, 4.69) is 15.6 Å². The number of hydrogen-bond acceptors (Lipinski definition) is 6. The van der Waals surface area contributed by atoms with Gasteiger partial charge in [0.1, 0.15) is 11.3 Å². The van der Waals surface area contributed by atoms with Crippen LogP contribution in [0.1, 0.15) is 27.2 Å². The Morgan fingerprint density at radius 3 is 2.72 bits per heavy atom. The molecule has 2 rings (SSSR count). The van der Waals surface area contributed by atoms with Crippen LogP contribution in [0.4, 0.5) is 16.2 Å². The van der Waals surface area contributed by atoms with Gasteiger partial charge in [-0.25, -0.2) is 4.79 Å². The molecule has 0 bridgehead atoms. The van der Waals surface area contributed by atoms with Crippen LogP contribution in [0.3, 0.4) is 0 Å². The summed E-state index contributed by atoms with van der Waals surface area (Å²) in [4.78, 5) is 26.7. The number of benzene rings is 1. The van der Waals surface area contributed by atoms with E-state index in [1.165, 1.54) is 0 Å². The van der Waals surface area contributed by atoms with E-state index < -0.39 is 16.6 Å². The molecule has 0 saturated carbocycles. The summed E-state index contributed by atoms with van der Waals surface area (Å²) in [5.74, 6) is 0. The van der Waals surface area contributed by atoms with Gasteiger partial charge in [0.25, 0.3) is 0 Å². The van der Waals surface area contributed by atoms with Crippen LogP contribution in [0.25, 0.3) is 10.9 Å². The maximum Gasteiger partial charge on any atom is 0.407 e. The number of alkyl carbamates (subject to hydrolysis) is 1. The third kappa shape index (κ3) is 5.30. The SMILES string of the molecule is CC(C)(C)OC(=O)NCCCNc1ccc2ncccc2c1[N+](=O)[O-]. The molecule has 0 radical (unpaired) electrons. The second-order valence-corrected chi connectivity index (χ2v) is 6.50. The molecule has 8 heteroatoms. The Labute approximate surface area is 145 Å². The van der Waals surface area contributed by atoms with E-state index in [0.29, 0.717) is 36.1 Å². The molecule has 0 aliphatic rings. The quantitative estimate of drug-likeness (QED) is 0.471. The van der Waals surface area contributed by atoms with Crippen LogP contribution in [-0.2, 0) is 4.74 Å². The number of nitrogens with one attached hydrogen (secondary N) is 2. The van der Waals surface area contributed by atoms with Gasteiger partial charge in [-0.15, -0.1) is 0 Å². The minimum absolute atomic E-state index is 0.00528. The number of pyridine rings is 1. The Morgan fingerprint density at radius 1 is 1.28 bits per heavy atom. The molecule has 1 aromatic heterocycles. The number of amides is 1. The van der Waals surface area contributed by atoms with Crippen LogP contribution in [0, 0.1) is 10.1 Å². The van der Waals surface area contributed by atoms with Gasteiger partial charge in [0.15, 0.2) is 0 Å². The fourth-order valence-electron chi connectivity index (χ4n) is 2.29. The van der Waals surface area contributed by atoms with Gasteiger partial charge in [0.05, 0.1) is 15.8 Å². The van der Waals surface area contributed by atoms with Crippen LogP contribution in [0.2, 0.25) is 0 Å². The van der Waals surface area contributed by atoms with E-state index in [9.17, 15) is 14.9 Å². The Kier molecular flexibility index (Phi) is 5.74. The number of nitro groups is 1. The molecule has 1 aromatic carbocycles. The molecule has 2 aromatic rings. The van der Waals surface area contributed by atoms with E-state index in [4.69, 9.17) is 4.74 Å². The fraction of sp³-hybridized carbons (Fsp3) is 0.412. The lowest BCUT2D eigenvalue weighted by atomic mass is 10.1. The second kappa shape index (κ2) is 7.78. The van der Waals surface area contributed by atoms with Gasteiger partial charge in [-0.2, -0.15) is 0 Å². The zero-order valence-electron chi connectivity index (χ0n) is 14.5. The number of nitrogens with zero attached hydrogens (tertiary/aromatic N) is 2. The molecule has 0 spiro atoms. The van der Waals surface area contributed by atoms with E-state index in [1.54, 1.807) is 51.2 Å². The Bertz CT molecular complexity index is 771. The first-order valence-electron chi connectivity index (χ1n) is 8.01. The smallest absolute Gasteiger partial charge is 0.407 e. The van der Waals surface area contributed by atoms with Gasteiger partial charge in [-0.3, -0.25) is 15.1 Å². The molecule has 0 aliphatic carbocycles. The highest BCUT2D eigenvalue weighted by molar-refractivity contribution is 5.94. The van der Waals surface area contributed by atoms with Crippen molar-refractivity contribution in [3.05, 3.63) is 40.6 Å². The molecule has 2 N–H and O–H groups in total. The van der Waals surface area contributed by atoms with Gasteiger partial charge in [0.2, 0.25) is 0 Å². The minimum atomic E-state index is -0.540. The van der Waals surface area contributed by atoms with Crippen LogP contribution in [0.5, 0.6) is 0 Å². The molecule has 1 heterocycles. The van der Waals surface area contributed by atoms with Crippen molar-refractivity contribution in [2.45, 2.75) is 32.8 Å². The first-order chi connectivity index (χ1) is 11.8. The number of fused-ring (bicyclic) bond motifs is 1. The average Bonchev–Trinajstić information content (AvgIpc) is 2.52. The number of anilines is 1. The van der Waals surface area contributed by atoms with E-state index in [1.807, 2.05) is 0 Å². The molecule has 0 atom stereocenters. The highest BCUT2D eigenvalue weighted by Gasteiger charge is 2.18. The number of aromatic nitrogens is 1. The number of hydrogen-bond donors (Lipinski definition) is 2. The van der Waals surface area contributed by atoms with E-state index >= 15 is 0 Å². The van der Waals surface area contributed by atoms with E-state index in [0.717, 1.165) is 0 Å². The Balaban J connectivity index is 1.92. The van der Waals surface area contributed by atoms with E-state index in [-0.39, 0.29) is 5.69 Å². The van der Waals surface area contributed by atoms with Crippen LogP contribution in [-0.4, -0.2) is 34.7 Å². The summed E-state index contributed by atoms with van der Waals surface area (Å²) < 4.78 is 5.13. The monoisotopic (exact) mass is 346 g/mol. The third-order valence-electron chi connectivity index (χ3n) is 3.28. The number of carbonyl (C=O) groups is 1. The van der Waals surface area contributed by atoms with Crippen molar-refractivity contribution in [1.82, 2.24) is 10.3 Å². The molecule has 1 amide bonds. The molecule has 0 saturated heterocycles. The van der Waals surface area contributed by atoms with Crippen LogP contribution < -0.4 is 10.6 Å². The summed E-state index contributed by atoms with van der Waals surface area (Å²) in [7, 11) is 0. The number of rotatable bonds is 6. The van der Waals surface area contributed by atoms with Crippen molar-refractivity contribution < 1.29 is 14.5 Å². The Morgan fingerprint density at radius 2 is 2.04 bits per heavy atom. The number of ether oxygens (including phenoxy) is 1. The predicted molar refractivity (Wildman–Crippen MR) is 95.7 cm³/mol. The summed E-state index contributed by atoms with van der Waals surface area (Å²) in [5.41, 5.74) is 0.474. The summed E-state index contributed by atoms with van der Waals surface area (Å²) in [6.45, 7) is 6.26. The zero-order valence-corrected chi connectivity index (χ0v) is 14.5. The predicted octanol–water partition coefficient (Wildman–Crippen LogP) is 3.47. The molecular formula is C17H22N4O4. The third-order valence-corrected chi connectivity index (χ3v) is 3.28. The van der Waals surface area contributed by atoms with Gasteiger partial charge in [0, 0.05) is 19.3 Å². The minimum Gasteiger partial charge on any atom is -0.444 e. The molecular weight excluding hydrogens is 324 g/mol. The highest BCUT2D eigenvalue weighted by Crippen LogP contribution is 2.32. The normalized spacial score (nSPS) is 11.2. The lowest BCUT2D eigenvalue weighted by Crippen LogP contribution is -2.33. The lowest BCUT2D eigenvalue weighted by Gasteiger charge is -2.19. The molecule has 8 nitrogen and oxygen atoms in total. The van der Waals surface area contributed by atoms with Gasteiger partial charge >= 0.3 is 11.8 Å². The standard InChI is InChI=1S/C17H22N4O4/c1-17(2,3)25-16(22)20-11-5-10-19-14-8-7-13-12(6-4-9-18-13)15(14)21(23)24/h4,6-9,19H,5,10-11H2,1-3H3,(H,20,22). The van der Waals surface area contributed by atoms with Gasteiger partial charge in [-0.05, 0) is 51.5 Å². The van der Waals surface area contributed by atoms with Crippen LogP contribution >= 0.6 is 0 Å². The molecule has 0 aliphatic heterocycles. The van der Waals surface area contributed by atoms with Crippen molar-refractivity contribution in [3.63, 3.8) is 0 Å². The molecule has 0 unspecified atom stereocenters. The van der Waals surface area contributed by atoms with Gasteiger partial charge in [-0.1, -0.05) is 0 Å². The van der Waals surface area contributed by atoms with Crippen LogP contribution in [0.15, 0.2) is 30.5 Å². The van der Waals surface area contributed by atoms with Crippen molar-refractivity contribution in [3.8, 4) is 0 Å².